The average Bonchev–Trinajstić information content (AvgIpc) is 3.09. The number of carbonyl (C=O) groups is 2. The standard InChI is InChI=1S/C13H14ClNO3/c1-7(13(17)18)15-12(16)10-6-9(10)8-4-2-3-5-11(8)14/h2-5,7,9-10H,6H2,1H3,(H,15,16)(H,17,18)/t7-,9+,10+/m0/s1. The smallest absolute Gasteiger partial charge is 0.325 e. The Labute approximate surface area is 110 Å². The van der Waals surface area contributed by atoms with Crippen LogP contribution >= 0.6 is 11.6 Å². The fourth-order valence-corrected chi connectivity index (χ4v) is 2.26. The van der Waals surface area contributed by atoms with E-state index in [2.05, 4.69) is 5.32 Å². The Morgan fingerprint density at radius 3 is 2.72 bits per heavy atom. The van der Waals surface area contributed by atoms with Crippen LogP contribution in [0.3, 0.4) is 0 Å². The van der Waals surface area contributed by atoms with Gasteiger partial charge in [0.05, 0.1) is 0 Å². The van der Waals surface area contributed by atoms with Crippen molar-refractivity contribution in [2.24, 2.45) is 5.92 Å². The molecule has 1 fully saturated rings. The van der Waals surface area contributed by atoms with Gasteiger partial charge in [-0.25, -0.2) is 0 Å². The minimum atomic E-state index is -1.03. The van der Waals surface area contributed by atoms with Crippen molar-refractivity contribution in [2.45, 2.75) is 25.3 Å². The zero-order valence-electron chi connectivity index (χ0n) is 9.89. The van der Waals surface area contributed by atoms with Crippen LogP contribution in [0.2, 0.25) is 5.02 Å². The fraction of sp³-hybridized carbons (Fsp3) is 0.385. The predicted molar refractivity (Wildman–Crippen MR) is 67.5 cm³/mol. The van der Waals surface area contributed by atoms with E-state index in [9.17, 15) is 9.59 Å². The first-order chi connectivity index (χ1) is 8.50. The molecule has 5 heteroatoms. The second-order valence-corrected chi connectivity index (χ2v) is 4.95. The molecule has 3 atom stereocenters. The Hall–Kier alpha value is -1.55. The molecule has 0 spiro atoms. The van der Waals surface area contributed by atoms with Crippen molar-refractivity contribution in [3.63, 3.8) is 0 Å². The van der Waals surface area contributed by atoms with Crippen LogP contribution in [0.1, 0.15) is 24.8 Å². The molecule has 96 valence electrons. The number of nitrogens with one attached hydrogen (secondary N) is 1. The van der Waals surface area contributed by atoms with Crippen LogP contribution in [0.4, 0.5) is 0 Å². The lowest BCUT2D eigenvalue weighted by molar-refractivity contribution is -0.141. The van der Waals surface area contributed by atoms with E-state index in [0.29, 0.717) is 5.02 Å². The number of benzene rings is 1. The SMILES string of the molecule is C[C@H](NC(=O)[C@@H]1C[C@@H]1c1ccccc1Cl)C(=O)O. The first-order valence-electron chi connectivity index (χ1n) is 5.78. The maximum Gasteiger partial charge on any atom is 0.325 e. The van der Waals surface area contributed by atoms with Crippen LogP contribution in [0.25, 0.3) is 0 Å². The summed E-state index contributed by atoms with van der Waals surface area (Å²) in [6.07, 6.45) is 0.724. The van der Waals surface area contributed by atoms with E-state index in [1.54, 1.807) is 6.07 Å². The molecule has 0 bridgehead atoms. The molecule has 4 nitrogen and oxygen atoms in total. The number of amides is 1. The molecule has 1 saturated carbocycles. The summed E-state index contributed by atoms with van der Waals surface area (Å²) in [5.41, 5.74) is 0.960. The van der Waals surface area contributed by atoms with Crippen molar-refractivity contribution in [3.05, 3.63) is 34.9 Å². The van der Waals surface area contributed by atoms with Gasteiger partial charge in [-0.3, -0.25) is 9.59 Å². The van der Waals surface area contributed by atoms with Gasteiger partial charge in [-0.1, -0.05) is 29.8 Å². The van der Waals surface area contributed by atoms with Gasteiger partial charge in [0, 0.05) is 10.9 Å². The third-order valence-corrected chi connectivity index (χ3v) is 3.51. The van der Waals surface area contributed by atoms with Gasteiger partial charge in [-0.2, -0.15) is 0 Å². The molecule has 0 heterocycles. The van der Waals surface area contributed by atoms with Crippen molar-refractivity contribution in [1.82, 2.24) is 5.32 Å². The number of carbonyl (C=O) groups excluding carboxylic acids is 1. The lowest BCUT2D eigenvalue weighted by Crippen LogP contribution is -2.39. The van der Waals surface area contributed by atoms with Gasteiger partial charge >= 0.3 is 5.97 Å². The number of hydrogen-bond donors (Lipinski definition) is 2. The molecule has 1 aliphatic rings. The Morgan fingerprint density at radius 1 is 1.44 bits per heavy atom. The second-order valence-electron chi connectivity index (χ2n) is 4.54. The number of rotatable bonds is 4. The van der Waals surface area contributed by atoms with E-state index in [-0.39, 0.29) is 17.7 Å². The Kier molecular flexibility index (Phi) is 3.57. The van der Waals surface area contributed by atoms with Crippen LogP contribution < -0.4 is 5.32 Å². The van der Waals surface area contributed by atoms with Crippen molar-refractivity contribution in [2.75, 3.05) is 0 Å². The van der Waals surface area contributed by atoms with Crippen molar-refractivity contribution in [1.29, 1.82) is 0 Å². The van der Waals surface area contributed by atoms with E-state index in [1.165, 1.54) is 6.92 Å². The molecule has 1 aromatic carbocycles. The van der Waals surface area contributed by atoms with Crippen LogP contribution in [-0.4, -0.2) is 23.0 Å². The van der Waals surface area contributed by atoms with E-state index in [0.717, 1.165) is 12.0 Å². The van der Waals surface area contributed by atoms with Crippen LogP contribution in [0, 0.1) is 5.92 Å². The third-order valence-electron chi connectivity index (χ3n) is 3.16. The van der Waals surface area contributed by atoms with Crippen LogP contribution in [-0.2, 0) is 9.59 Å². The van der Waals surface area contributed by atoms with Gasteiger partial charge in [-0.15, -0.1) is 0 Å². The Balaban J connectivity index is 1.97. The predicted octanol–water partition coefficient (Wildman–Crippen LogP) is 2.03. The highest BCUT2D eigenvalue weighted by atomic mass is 35.5. The minimum Gasteiger partial charge on any atom is -0.480 e. The van der Waals surface area contributed by atoms with Gasteiger partial charge in [0.1, 0.15) is 6.04 Å². The summed E-state index contributed by atoms with van der Waals surface area (Å²) >= 11 is 6.06. The number of halogens is 1. The number of carboxylic acid groups (broad SMARTS) is 1. The first-order valence-corrected chi connectivity index (χ1v) is 6.16. The monoisotopic (exact) mass is 267 g/mol. The maximum absolute atomic E-state index is 11.8. The summed E-state index contributed by atoms with van der Waals surface area (Å²) in [5, 5.41) is 11.9. The quantitative estimate of drug-likeness (QED) is 0.877. The molecule has 2 N–H and O–H groups in total. The molecule has 0 aliphatic heterocycles. The zero-order chi connectivity index (χ0) is 13.3. The third kappa shape index (κ3) is 2.64. The molecule has 2 rings (SSSR count). The van der Waals surface area contributed by atoms with Crippen molar-refractivity contribution >= 4 is 23.5 Å². The topological polar surface area (TPSA) is 66.4 Å². The summed E-state index contributed by atoms with van der Waals surface area (Å²) in [6.45, 7) is 1.45. The van der Waals surface area contributed by atoms with Crippen molar-refractivity contribution in [3.8, 4) is 0 Å². The first kappa shape index (κ1) is 12.9. The summed E-state index contributed by atoms with van der Waals surface area (Å²) in [7, 11) is 0. The number of hydrogen-bond acceptors (Lipinski definition) is 2. The normalized spacial score (nSPS) is 23.2. The summed E-state index contributed by atoms with van der Waals surface area (Å²) in [4.78, 5) is 22.4. The number of carboxylic acids is 1. The van der Waals surface area contributed by atoms with E-state index >= 15 is 0 Å². The lowest BCUT2D eigenvalue weighted by atomic mass is 10.1. The Morgan fingerprint density at radius 2 is 2.11 bits per heavy atom. The highest BCUT2D eigenvalue weighted by Crippen LogP contribution is 2.49. The molecule has 1 aliphatic carbocycles. The van der Waals surface area contributed by atoms with Gasteiger partial charge in [-0.05, 0) is 30.9 Å². The highest BCUT2D eigenvalue weighted by Gasteiger charge is 2.45. The number of aliphatic carboxylic acids is 1. The van der Waals surface area contributed by atoms with E-state index in [4.69, 9.17) is 16.7 Å². The van der Waals surface area contributed by atoms with Gasteiger partial charge < -0.3 is 10.4 Å². The van der Waals surface area contributed by atoms with Crippen LogP contribution in [0.5, 0.6) is 0 Å². The Bertz CT molecular complexity index is 489. The summed E-state index contributed by atoms with van der Waals surface area (Å²) < 4.78 is 0. The molecule has 18 heavy (non-hydrogen) atoms. The zero-order valence-corrected chi connectivity index (χ0v) is 10.6. The van der Waals surface area contributed by atoms with Gasteiger partial charge in [0.15, 0.2) is 0 Å². The maximum atomic E-state index is 11.8. The average molecular weight is 268 g/mol. The minimum absolute atomic E-state index is 0.111. The molecule has 0 unspecified atom stereocenters. The molecule has 0 aromatic heterocycles. The van der Waals surface area contributed by atoms with Gasteiger partial charge in [0.2, 0.25) is 5.91 Å². The molecule has 0 radical (unpaired) electrons. The van der Waals surface area contributed by atoms with E-state index in [1.807, 2.05) is 18.2 Å². The summed E-state index contributed by atoms with van der Waals surface area (Å²) in [5.74, 6) is -1.29. The molecular weight excluding hydrogens is 254 g/mol. The lowest BCUT2D eigenvalue weighted by Gasteiger charge is -2.09. The van der Waals surface area contributed by atoms with Gasteiger partial charge in [0.25, 0.3) is 0 Å². The van der Waals surface area contributed by atoms with Crippen LogP contribution in [0.15, 0.2) is 24.3 Å². The van der Waals surface area contributed by atoms with E-state index < -0.39 is 12.0 Å². The largest absolute Gasteiger partial charge is 0.480 e. The highest BCUT2D eigenvalue weighted by molar-refractivity contribution is 6.31. The second kappa shape index (κ2) is 4.98. The van der Waals surface area contributed by atoms with Crippen molar-refractivity contribution < 1.29 is 14.7 Å². The fourth-order valence-electron chi connectivity index (χ4n) is 1.99. The molecule has 1 aromatic rings. The summed E-state index contributed by atoms with van der Waals surface area (Å²) in [6, 6.07) is 6.57. The molecular formula is C13H14ClNO3. The molecule has 1 amide bonds. The molecule has 0 saturated heterocycles.